The molecule has 2 aliphatic heterocycles. The second-order valence-corrected chi connectivity index (χ2v) is 8.53. The number of hydrogen-bond acceptors (Lipinski definition) is 9. The number of anilines is 2. The van der Waals surface area contributed by atoms with Crippen LogP contribution in [0.1, 0.15) is 39.0 Å². The van der Waals surface area contributed by atoms with Gasteiger partial charge >= 0.3 is 0 Å². The molecule has 0 unspecified atom stereocenters. The summed E-state index contributed by atoms with van der Waals surface area (Å²) < 4.78 is 0.923. The number of nitrogens with two attached hydrogens (primary N) is 1. The van der Waals surface area contributed by atoms with Gasteiger partial charge in [-0.2, -0.15) is 15.2 Å². The summed E-state index contributed by atoms with van der Waals surface area (Å²) in [6.45, 7) is 2.60. The van der Waals surface area contributed by atoms with E-state index in [1.54, 1.807) is 12.4 Å². The molecule has 0 radical (unpaired) electrons. The van der Waals surface area contributed by atoms with Gasteiger partial charge in [0.15, 0.2) is 11.5 Å². The topological polar surface area (TPSA) is 140 Å². The third-order valence-corrected chi connectivity index (χ3v) is 6.34. The molecule has 2 bridgehead atoms. The summed E-state index contributed by atoms with van der Waals surface area (Å²) in [6.07, 6.45) is 6.60. The fourth-order valence-electron chi connectivity index (χ4n) is 4.43. The SMILES string of the molecule is C/C(N)=C/C(=N)Nc1nc(N[C@@H]2C[C@H]3CC[C@@H](C2)N3CCC#N)c2scnc2n1. The quantitative estimate of drug-likeness (QED) is 0.420. The second kappa shape index (κ2) is 8.31. The average molecular weight is 412 g/mol. The molecule has 3 atom stereocenters. The number of aromatic nitrogens is 3. The molecule has 4 rings (SSSR count). The highest BCUT2D eigenvalue weighted by Gasteiger charge is 2.40. The van der Waals surface area contributed by atoms with Crippen LogP contribution in [0.2, 0.25) is 0 Å². The Labute approximate surface area is 173 Å². The van der Waals surface area contributed by atoms with E-state index in [0.717, 1.165) is 29.9 Å². The van der Waals surface area contributed by atoms with E-state index < -0.39 is 0 Å². The van der Waals surface area contributed by atoms with Crippen LogP contribution in [0, 0.1) is 16.7 Å². The standard InChI is InChI=1S/C19H25N9S/c1-11(21)7-15(22)25-19-26-17-16(29-10-23-17)18(27-19)24-12-8-13-3-4-14(9-12)28(13)6-2-5-20/h7,10,12-14H,2-4,6,8-9,21H2,1H3,(H3,22,24,25,26,27)/b11-7-/t12-,13-,14+. The van der Waals surface area contributed by atoms with Crippen LogP contribution in [0.4, 0.5) is 11.8 Å². The van der Waals surface area contributed by atoms with Gasteiger partial charge in [-0.3, -0.25) is 10.3 Å². The normalized spacial score (nSPS) is 24.4. The van der Waals surface area contributed by atoms with Crippen LogP contribution < -0.4 is 16.4 Å². The van der Waals surface area contributed by atoms with Gasteiger partial charge in [0, 0.05) is 36.8 Å². The Morgan fingerprint density at radius 2 is 2.17 bits per heavy atom. The number of rotatable bonds is 6. The maximum atomic E-state index is 8.91. The Morgan fingerprint density at radius 3 is 2.86 bits per heavy atom. The van der Waals surface area contributed by atoms with Crippen LogP contribution in [0.5, 0.6) is 0 Å². The summed E-state index contributed by atoms with van der Waals surface area (Å²) in [6, 6.07) is 3.65. The molecular weight excluding hydrogens is 386 g/mol. The highest BCUT2D eigenvalue weighted by atomic mass is 32.1. The Bertz CT molecular complexity index is 958. The third-order valence-electron chi connectivity index (χ3n) is 5.52. The van der Waals surface area contributed by atoms with Crippen molar-refractivity contribution in [3.8, 4) is 6.07 Å². The first kappa shape index (κ1) is 19.5. The van der Waals surface area contributed by atoms with Crippen molar-refractivity contribution >= 4 is 39.3 Å². The summed E-state index contributed by atoms with van der Waals surface area (Å²) >= 11 is 1.51. The van der Waals surface area contributed by atoms with E-state index in [9.17, 15) is 0 Å². The van der Waals surface area contributed by atoms with Crippen LogP contribution >= 0.6 is 11.3 Å². The minimum absolute atomic E-state index is 0.134. The van der Waals surface area contributed by atoms with Crippen molar-refractivity contribution in [2.45, 2.75) is 57.2 Å². The van der Waals surface area contributed by atoms with Gasteiger partial charge in [-0.05, 0) is 38.7 Å². The van der Waals surface area contributed by atoms with Gasteiger partial charge in [-0.1, -0.05) is 0 Å². The average Bonchev–Trinajstić information content (AvgIpc) is 3.21. The molecule has 5 N–H and O–H groups in total. The molecule has 2 aromatic rings. The van der Waals surface area contributed by atoms with E-state index >= 15 is 0 Å². The molecule has 9 nitrogen and oxygen atoms in total. The third kappa shape index (κ3) is 4.31. The van der Waals surface area contributed by atoms with E-state index in [1.807, 2.05) is 0 Å². The van der Waals surface area contributed by atoms with E-state index in [0.29, 0.717) is 41.8 Å². The van der Waals surface area contributed by atoms with E-state index in [4.69, 9.17) is 16.4 Å². The van der Waals surface area contributed by atoms with Gasteiger partial charge < -0.3 is 16.4 Å². The monoisotopic (exact) mass is 411 g/mol. The summed E-state index contributed by atoms with van der Waals surface area (Å²) in [7, 11) is 0. The lowest BCUT2D eigenvalue weighted by molar-refractivity contribution is 0.136. The molecule has 152 valence electrons. The molecule has 29 heavy (non-hydrogen) atoms. The Balaban J connectivity index is 1.51. The maximum Gasteiger partial charge on any atom is 0.232 e. The van der Waals surface area contributed by atoms with Crippen molar-refractivity contribution in [1.29, 1.82) is 10.7 Å². The number of nitriles is 1. The Morgan fingerprint density at radius 1 is 1.41 bits per heavy atom. The molecule has 0 saturated carbocycles. The van der Waals surface area contributed by atoms with Crippen LogP contribution in [0.15, 0.2) is 17.3 Å². The van der Waals surface area contributed by atoms with Crippen molar-refractivity contribution in [2.75, 3.05) is 17.2 Å². The maximum absolute atomic E-state index is 8.91. The largest absolute Gasteiger partial charge is 0.402 e. The van der Waals surface area contributed by atoms with Crippen molar-refractivity contribution in [3.05, 3.63) is 17.3 Å². The van der Waals surface area contributed by atoms with Crippen molar-refractivity contribution in [1.82, 2.24) is 19.9 Å². The highest BCUT2D eigenvalue weighted by Crippen LogP contribution is 2.37. The van der Waals surface area contributed by atoms with Crippen LogP contribution in [0.25, 0.3) is 10.3 Å². The number of nitrogens with zero attached hydrogens (tertiary/aromatic N) is 5. The Hall–Kier alpha value is -2.77. The number of piperidine rings is 1. The van der Waals surface area contributed by atoms with E-state index in [2.05, 4.69) is 36.6 Å². The molecule has 2 saturated heterocycles. The fraction of sp³-hybridized carbons (Fsp3) is 0.526. The predicted octanol–water partition coefficient (Wildman–Crippen LogP) is 2.66. The molecule has 0 aromatic carbocycles. The molecule has 0 aliphatic carbocycles. The zero-order valence-corrected chi connectivity index (χ0v) is 17.2. The summed E-state index contributed by atoms with van der Waals surface area (Å²) in [5.41, 5.74) is 8.56. The zero-order chi connectivity index (χ0) is 20.4. The minimum Gasteiger partial charge on any atom is -0.402 e. The summed E-state index contributed by atoms with van der Waals surface area (Å²) in [5.74, 6) is 1.23. The van der Waals surface area contributed by atoms with Gasteiger partial charge in [-0.15, -0.1) is 11.3 Å². The van der Waals surface area contributed by atoms with E-state index in [-0.39, 0.29) is 5.84 Å². The predicted molar refractivity (Wildman–Crippen MR) is 115 cm³/mol. The molecular formula is C19H25N9S. The van der Waals surface area contributed by atoms with Gasteiger partial charge in [0.05, 0.1) is 11.6 Å². The molecule has 0 amide bonds. The lowest BCUT2D eigenvalue weighted by atomic mass is 9.97. The van der Waals surface area contributed by atoms with Gasteiger partial charge in [-0.25, -0.2) is 4.98 Å². The molecule has 2 aliphatic rings. The minimum atomic E-state index is 0.134. The lowest BCUT2D eigenvalue weighted by Gasteiger charge is -2.39. The number of hydrogen-bond donors (Lipinski definition) is 4. The first-order valence-corrected chi connectivity index (χ1v) is 10.7. The second-order valence-electron chi connectivity index (χ2n) is 7.67. The molecule has 4 heterocycles. The van der Waals surface area contributed by atoms with E-state index in [1.165, 1.54) is 30.3 Å². The first-order valence-electron chi connectivity index (χ1n) is 9.83. The summed E-state index contributed by atoms with van der Waals surface area (Å²) in [5, 5.41) is 23.4. The van der Waals surface area contributed by atoms with Gasteiger partial charge in [0.1, 0.15) is 10.5 Å². The number of thiazole rings is 1. The van der Waals surface area contributed by atoms with Gasteiger partial charge in [0.2, 0.25) is 5.95 Å². The van der Waals surface area contributed by atoms with Crippen LogP contribution in [-0.2, 0) is 0 Å². The highest BCUT2D eigenvalue weighted by molar-refractivity contribution is 7.17. The number of amidine groups is 1. The van der Waals surface area contributed by atoms with Gasteiger partial charge in [0.25, 0.3) is 0 Å². The number of allylic oxidation sites excluding steroid dienone is 1. The van der Waals surface area contributed by atoms with Crippen molar-refractivity contribution in [3.63, 3.8) is 0 Å². The lowest BCUT2D eigenvalue weighted by Crippen LogP contribution is -2.47. The smallest absolute Gasteiger partial charge is 0.232 e. The van der Waals surface area contributed by atoms with Crippen molar-refractivity contribution < 1.29 is 0 Å². The summed E-state index contributed by atoms with van der Waals surface area (Å²) in [4.78, 5) is 15.9. The van der Waals surface area contributed by atoms with Crippen LogP contribution in [0.3, 0.4) is 0 Å². The molecule has 2 fully saturated rings. The number of nitrogens with one attached hydrogen (secondary N) is 3. The number of fused-ring (bicyclic) bond motifs is 3. The molecule has 0 spiro atoms. The van der Waals surface area contributed by atoms with Crippen molar-refractivity contribution in [2.24, 2.45) is 5.73 Å². The molecule has 2 aromatic heterocycles. The zero-order valence-electron chi connectivity index (χ0n) is 16.4. The first-order chi connectivity index (χ1) is 14.0. The Kier molecular flexibility index (Phi) is 5.60. The van der Waals surface area contributed by atoms with Crippen LogP contribution in [-0.4, -0.2) is 50.4 Å². The molecule has 10 heteroatoms. The fourth-order valence-corrected chi connectivity index (χ4v) is 5.11.